The summed E-state index contributed by atoms with van der Waals surface area (Å²) in [6, 6.07) is 5.56. The van der Waals surface area contributed by atoms with Crippen molar-refractivity contribution in [1.82, 2.24) is 0 Å². The largest absolute Gasteiger partial charge is 0.478 e. The number of carboxylic acids is 1. The third-order valence-corrected chi connectivity index (χ3v) is 4.43. The van der Waals surface area contributed by atoms with Gasteiger partial charge in [-0.25, -0.2) is 4.79 Å². The highest BCUT2D eigenvalue weighted by molar-refractivity contribution is 7.16. The van der Waals surface area contributed by atoms with Crippen LogP contribution in [-0.2, 0) is 0 Å². The number of anilines is 1. The predicted molar refractivity (Wildman–Crippen MR) is 84.6 cm³/mol. The molecule has 1 heterocycles. The number of carbonyl (C=O) groups is 2. The molecule has 110 valence electrons. The summed E-state index contributed by atoms with van der Waals surface area (Å²) >= 11 is 1.29. The maximum Gasteiger partial charge on any atom is 0.338 e. The number of carbonyl (C=O) groups excluding carboxylic acids is 1. The van der Waals surface area contributed by atoms with Gasteiger partial charge in [0, 0.05) is 10.4 Å². The van der Waals surface area contributed by atoms with Gasteiger partial charge in [-0.3, -0.25) is 4.79 Å². The number of benzene rings is 1. The molecular formula is C16H17NO3S. The number of rotatable bonds is 3. The van der Waals surface area contributed by atoms with Crippen LogP contribution in [0.4, 0.5) is 5.00 Å². The van der Waals surface area contributed by atoms with Crippen molar-refractivity contribution in [2.75, 3.05) is 5.32 Å². The molecular weight excluding hydrogens is 286 g/mol. The highest BCUT2D eigenvalue weighted by Gasteiger charge is 2.20. The Bertz CT molecular complexity index is 711. The standard InChI is InChI=1S/C16H17NO3S/c1-8-5-9(2)7-12(6-8)14(18)17-15-13(16(19)20)10(3)11(4)21-15/h5-7H,1-4H3,(H,17,18)(H,19,20). The van der Waals surface area contributed by atoms with Gasteiger partial charge in [-0.2, -0.15) is 0 Å². The number of carboxylic acid groups (broad SMARTS) is 1. The topological polar surface area (TPSA) is 66.4 Å². The van der Waals surface area contributed by atoms with E-state index in [1.165, 1.54) is 11.3 Å². The Balaban J connectivity index is 2.36. The first kappa shape index (κ1) is 15.3. The molecule has 2 N–H and O–H groups in total. The van der Waals surface area contributed by atoms with Crippen LogP contribution in [0, 0.1) is 27.7 Å². The minimum Gasteiger partial charge on any atom is -0.478 e. The van der Waals surface area contributed by atoms with Gasteiger partial charge in [0.25, 0.3) is 5.91 Å². The highest BCUT2D eigenvalue weighted by atomic mass is 32.1. The molecule has 21 heavy (non-hydrogen) atoms. The molecule has 0 bridgehead atoms. The lowest BCUT2D eigenvalue weighted by Gasteiger charge is -2.07. The van der Waals surface area contributed by atoms with Crippen molar-refractivity contribution >= 4 is 28.2 Å². The zero-order valence-corrected chi connectivity index (χ0v) is 13.2. The van der Waals surface area contributed by atoms with Crippen molar-refractivity contribution in [3.63, 3.8) is 0 Å². The number of aryl methyl sites for hydroxylation is 3. The van der Waals surface area contributed by atoms with Crippen molar-refractivity contribution in [3.8, 4) is 0 Å². The van der Waals surface area contributed by atoms with Crippen molar-refractivity contribution in [2.45, 2.75) is 27.7 Å². The molecule has 4 nitrogen and oxygen atoms in total. The van der Waals surface area contributed by atoms with E-state index >= 15 is 0 Å². The first-order chi connectivity index (χ1) is 9.79. The van der Waals surface area contributed by atoms with Gasteiger partial charge in [-0.05, 0) is 45.4 Å². The predicted octanol–water partition coefficient (Wildman–Crippen LogP) is 3.93. The van der Waals surface area contributed by atoms with Crippen molar-refractivity contribution in [1.29, 1.82) is 0 Å². The zero-order valence-electron chi connectivity index (χ0n) is 12.4. The van der Waals surface area contributed by atoms with Gasteiger partial charge in [0.2, 0.25) is 0 Å². The maximum absolute atomic E-state index is 12.3. The lowest BCUT2D eigenvalue weighted by molar-refractivity contribution is 0.0697. The molecule has 0 aliphatic carbocycles. The van der Waals surface area contributed by atoms with Crippen LogP contribution in [-0.4, -0.2) is 17.0 Å². The molecule has 0 saturated heterocycles. The summed E-state index contributed by atoms with van der Waals surface area (Å²) in [4.78, 5) is 24.5. The highest BCUT2D eigenvalue weighted by Crippen LogP contribution is 2.32. The number of hydrogen-bond donors (Lipinski definition) is 2. The second kappa shape index (κ2) is 5.69. The van der Waals surface area contributed by atoms with E-state index in [0.717, 1.165) is 16.0 Å². The molecule has 0 unspecified atom stereocenters. The Kier molecular flexibility index (Phi) is 4.14. The van der Waals surface area contributed by atoms with Crippen molar-refractivity contribution in [3.05, 3.63) is 50.9 Å². The lowest BCUT2D eigenvalue weighted by atomic mass is 10.1. The van der Waals surface area contributed by atoms with Crippen LogP contribution in [0.3, 0.4) is 0 Å². The van der Waals surface area contributed by atoms with Gasteiger partial charge in [0.1, 0.15) is 5.00 Å². The molecule has 0 radical (unpaired) electrons. The molecule has 0 spiro atoms. The first-order valence-corrected chi connectivity index (χ1v) is 7.34. The molecule has 0 aliphatic heterocycles. The molecule has 1 aromatic carbocycles. The van der Waals surface area contributed by atoms with Crippen LogP contribution in [0.2, 0.25) is 0 Å². The minimum absolute atomic E-state index is 0.176. The van der Waals surface area contributed by atoms with E-state index in [2.05, 4.69) is 5.32 Å². The Morgan fingerprint density at radius 1 is 1.05 bits per heavy atom. The second-order valence-electron chi connectivity index (χ2n) is 5.12. The monoisotopic (exact) mass is 303 g/mol. The number of hydrogen-bond acceptors (Lipinski definition) is 3. The molecule has 1 aromatic heterocycles. The molecule has 1 amide bonds. The summed E-state index contributed by atoms with van der Waals surface area (Å²) in [5.41, 5.74) is 3.40. The minimum atomic E-state index is -1.02. The average molecular weight is 303 g/mol. The van der Waals surface area contributed by atoms with Crippen LogP contribution in [0.15, 0.2) is 18.2 Å². The molecule has 0 atom stereocenters. The van der Waals surface area contributed by atoms with E-state index in [1.54, 1.807) is 19.1 Å². The molecule has 0 aliphatic rings. The third kappa shape index (κ3) is 3.13. The first-order valence-electron chi connectivity index (χ1n) is 6.52. The van der Waals surface area contributed by atoms with Gasteiger partial charge in [0.15, 0.2) is 0 Å². The Morgan fingerprint density at radius 3 is 2.14 bits per heavy atom. The molecule has 0 fully saturated rings. The van der Waals surface area contributed by atoms with E-state index in [9.17, 15) is 14.7 Å². The van der Waals surface area contributed by atoms with Crippen LogP contribution < -0.4 is 5.32 Å². The average Bonchev–Trinajstić information content (AvgIpc) is 2.63. The van der Waals surface area contributed by atoms with Crippen LogP contribution in [0.25, 0.3) is 0 Å². The fraction of sp³-hybridized carbons (Fsp3) is 0.250. The summed E-state index contributed by atoms with van der Waals surface area (Å²) in [7, 11) is 0. The summed E-state index contributed by atoms with van der Waals surface area (Å²) in [6.45, 7) is 7.44. The summed E-state index contributed by atoms with van der Waals surface area (Å²) in [5.74, 6) is -1.31. The van der Waals surface area contributed by atoms with Gasteiger partial charge in [0.05, 0.1) is 5.56 Å². The molecule has 5 heteroatoms. The third-order valence-electron chi connectivity index (χ3n) is 3.31. The van der Waals surface area contributed by atoms with E-state index < -0.39 is 5.97 Å². The van der Waals surface area contributed by atoms with E-state index in [1.807, 2.05) is 26.8 Å². The Morgan fingerprint density at radius 2 is 1.62 bits per heavy atom. The Labute approximate surface area is 127 Å². The van der Waals surface area contributed by atoms with Gasteiger partial charge < -0.3 is 10.4 Å². The zero-order chi connectivity index (χ0) is 15.7. The molecule has 2 aromatic rings. The van der Waals surface area contributed by atoms with Crippen molar-refractivity contribution < 1.29 is 14.7 Å². The number of amides is 1. The van der Waals surface area contributed by atoms with Gasteiger partial charge in [-0.1, -0.05) is 17.2 Å². The summed E-state index contributed by atoms with van der Waals surface area (Å²) in [6.07, 6.45) is 0. The fourth-order valence-electron chi connectivity index (χ4n) is 2.25. The quantitative estimate of drug-likeness (QED) is 0.902. The van der Waals surface area contributed by atoms with Crippen molar-refractivity contribution in [2.24, 2.45) is 0 Å². The van der Waals surface area contributed by atoms with E-state index in [-0.39, 0.29) is 11.5 Å². The molecule has 2 rings (SSSR count). The lowest BCUT2D eigenvalue weighted by Crippen LogP contribution is -2.14. The van der Waals surface area contributed by atoms with Gasteiger partial charge in [-0.15, -0.1) is 11.3 Å². The van der Waals surface area contributed by atoms with Crippen LogP contribution >= 0.6 is 11.3 Å². The summed E-state index contributed by atoms with van der Waals surface area (Å²) < 4.78 is 0. The van der Waals surface area contributed by atoms with E-state index in [0.29, 0.717) is 16.1 Å². The Hall–Kier alpha value is -2.14. The van der Waals surface area contributed by atoms with Gasteiger partial charge >= 0.3 is 5.97 Å². The number of aromatic carboxylic acids is 1. The van der Waals surface area contributed by atoms with E-state index in [4.69, 9.17) is 0 Å². The SMILES string of the molecule is Cc1cc(C)cc(C(=O)Nc2sc(C)c(C)c2C(=O)O)c1. The number of thiophene rings is 1. The molecule has 0 saturated carbocycles. The summed E-state index contributed by atoms with van der Waals surface area (Å²) in [5, 5.41) is 12.4. The maximum atomic E-state index is 12.3. The normalized spacial score (nSPS) is 10.5. The van der Waals surface area contributed by atoms with Crippen LogP contribution in [0.1, 0.15) is 42.3 Å². The number of nitrogens with one attached hydrogen (secondary N) is 1. The second-order valence-corrected chi connectivity index (χ2v) is 6.35. The smallest absolute Gasteiger partial charge is 0.338 e. The van der Waals surface area contributed by atoms with Crippen LogP contribution in [0.5, 0.6) is 0 Å². The fourth-order valence-corrected chi connectivity index (χ4v) is 3.30.